The first kappa shape index (κ1) is 16.7. The largest absolute Gasteiger partial charge is 0.370 e. The van der Waals surface area contributed by atoms with Gasteiger partial charge < -0.3 is 9.47 Å². The van der Waals surface area contributed by atoms with E-state index in [9.17, 15) is 4.79 Å². The van der Waals surface area contributed by atoms with Gasteiger partial charge in [-0.25, -0.2) is 0 Å². The topological polar surface area (TPSA) is 25.2 Å². The Hall–Kier alpha value is -1.74. The first-order valence-corrected chi connectivity index (χ1v) is 9.79. The lowest BCUT2D eigenvalue weighted by Crippen LogP contribution is -2.34. The molecule has 0 amide bonds. The fourth-order valence-corrected chi connectivity index (χ4v) is 4.16. The van der Waals surface area contributed by atoms with Crippen LogP contribution in [0.15, 0.2) is 47.4 Å². The van der Waals surface area contributed by atoms with Gasteiger partial charge in [0.05, 0.1) is 5.69 Å². The number of pyridine rings is 1. The third-order valence-electron chi connectivity index (χ3n) is 5.67. The van der Waals surface area contributed by atoms with Gasteiger partial charge in [-0.2, -0.15) is 0 Å². The molecule has 4 rings (SSSR count). The smallest absolute Gasteiger partial charge is 0.271 e. The van der Waals surface area contributed by atoms with Gasteiger partial charge >= 0.3 is 0 Å². The molecule has 25 heavy (non-hydrogen) atoms. The molecule has 1 aliphatic heterocycles. The van der Waals surface area contributed by atoms with E-state index in [4.69, 9.17) is 11.6 Å². The van der Waals surface area contributed by atoms with Gasteiger partial charge in [0.2, 0.25) is 0 Å². The average molecular weight is 357 g/mol. The van der Waals surface area contributed by atoms with Crippen molar-refractivity contribution < 1.29 is 0 Å². The maximum atomic E-state index is 12.6. The van der Waals surface area contributed by atoms with Crippen molar-refractivity contribution in [2.45, 2.75) is 44.6 Å². The summed E-state index contributed by atoms with van der Waals surface area (Å²) in [5, 5.41) is 0.386. The van der Waals surface area contributed by atoms with Crippen molar-refractivity contribution in [2.24, 2.45) is 5.92 Å². The minimum atomic E-state index is -0.0370. The van der Waals surface area contributed by atoms with Gasteiger partial charge in [0.25, 0.3) is 5.56 Å². The lowest BCUT2D eigenvalue weighted by Gasteiger charge is -2.34. The minimum Gasteiger partial charge on any atom is -0.370 e. The van der Waals surface area contributed by atoms with Gasteiger partial charge in [-0.05, 0) is 42.7 Å². The summed E-state index contributed by atoms with van der Waals surface area (Å²) in [4.78, 5) is 14.8. The molecule has 2 aliphatic rings. The molecule has 1 aromatic carbocycles. The average Bonchev–Trinajstić information content (AvgIpc) is 3.48. The van der Waals surface area contributed by atoms with Crippen molar-refractivity contribution in [2.75, 3.05) is 18.0 Å². The minimum absolute atomic E-state index is 0.0370. The van der Waals surface area contributed by atoms with Gasteiger partial charge in [0.15, 0.2) is 0 Å². The maximum absolute atomic E-state index is 12.6. The van der Waals surface area contributed by atoms with Crippen LogP contribution in [0.5, 0.6) is 0 Å². The number of piperidine rings is 1. The highest BCUT2D eigenvalue weighted by molar-refractivity contribution is 6.33. The Morgan fingerprint density at radius 3 is 2.40 bits per heavy atom. The van der Waals surface area contributed by atoms with Crippen molar-refractivity contribution >= 4 is 17.3 Å². The normalized spacial score (nSPS) is 18.5. The van der Waals surface area contributed by atoms with E-state index in [1.165, 1.54) is 18.4 Å². The molecule has 0 radical (unpaired) electrons. The maximum Gasteiger partial charge on any atom is 0.271 e. The van der Waals surface area contributed by atoms with Crippen LogP contribution in [-0.2, 0) is 6.54 Å². The fourth-order valence-electron chi connectivity index (χ4n) is 3.86. The summed E-state index contributed by atoms with van der Waals surface area (Å²) < 4.78 is 1.78. The van der Waals surface area contributed by atoms with Crippen molar-refractivity contribution in [3.05, 3.63) is 63.5 Å². The van der Waals surface area contributed by atoms with Gasteiger partial charge in [0, 0.05) is 25.8 Å². The quantitative estimate of drug-likeness (QED) is 0.776. The third kappa shape index (κ3) is 3.77. The second-order valence-electron chi connectivity index (χ2n) is 7.42. The number of anilines is 1. The number of aromatic nitrogens is 1. The predicted octanol–water partition coefficient (Wildman–Crippen LogP) is 4.69. The molecule has 1 saturated carbocycles. The van der Waals surface area contributed by atoms with Crippen LogP contribution in [0.3, 0.4) is 0 Å². The van der Waals surface area contributed by atoms with Crippen LogP contribution in [-0.4, -0.2) is 17.7 Å². The number of halogens is 1. The second kappa shape index (κ2) is 7.25. The summed E-state index contributed by atoms with van der Waals surface area (Å²) in [5.74, 6) is 1.43. The molecular formula is C21H25ClN2O. The molecule has 0 N–H and O–H groups in total. The zero-order chi connectivity index (χ0) is 17.2. The molecular weight excluding hydrogens is 332 g/mol. The second-order valence-corrected chi connectivity index (χ2v) is 7.80. The Labute approximate surface area is 154 Å². The van der Waals surface area contributed by atoms with E-state index in [1.807, 2.05) is 12.3 Å². The van der Waals surface area contributed by atoms with Crippen LogP contribution in [0.1, 0.15) is 43.6 Å². The van der Waals surface area contributed by atoms with Crippen LogP contribution >= 0.6 is 11.6 Å². The molecule has 2 aromatic rings. The number of benzene rings is 1. The summed E-state index contributed by atoms with van der Waals surface area (Å²) in [6.07, 6.45) is 7.86. The molecule has 1 aromatic heterocycles. The summed E-state index contributed by atoms with van der Waals surface area (Å²) in [6.45, 7) is 2.69. The lowest BCUT2D eigenvalue weighted by molar-refractivity contribution is 0.504. The molecule has 4 heteroatoms. The molecule has 0 spiro atoms. The Morgan fingerprint density at radius 1 is 1.00 bits per heavy atom. The van der Waals surface area contributed by atoms with Crippen molar-refractivity contribution in [3.63, 3.8) is 0 Å². The monoisotopic (exact) mass is 356 g/mol. The van der Waals surface area contributed by atoms with Crippen LogP contribution in [0.2, 0.25) is 5.02 Å². The molecule has 2 fully saturated rings. The molecule has 0 bridgehead atoms. The summed E-state index contributed by atoms with van der Waals surface area (Å²) in [5.41, 5.74) is 2.29. The van der Waals surface area contributed by atoms with Crippen molar-refractivity contribution in [1.29, 1.82) is 0 Å². The molecule has 1 aliphatic carbocycles. The standard InChI is InChI=1S/C21H25ClN2O/c22-20-19(11-15-24(21(20)25)12-8-16-6-7-16)23-13-9-18(10-14-23)17-4-2-1-3-5-17/h1-5,11,15-16,18H,6-10,12-14H2. The molecule has 132 valence electrons. The summed E-state index contributed by atoms with van der Waals surface area (Å²) in [7, 11) is 0. The Kier molecular flexibility index (Phi) is 4.85. The van der Waals surface area contributed by atoms with Crippen LogP contribution in [0.25, 0.3) is 0 Å². The van der Waals surface area contributed by atoms with Gasteiger partial charge in [-0.3, -0.25) is 4.79 Å². The summed E-state index contributed by atoms with van der Waals surface area (Å²) >= 11 is 6.44. The fraction of sp³-hybridized carbons (Fsp3) is 0.476. The third-order valence-corrected chi connectivity index (χ3v) is 6.02. The number of rotatable bonds is 5. The van der Waals surface area contributed by atoms with Crippen LogP contribution in [0.4, 0.5) is 5.69 Å². The number of hydrogen-bond donors (Lipinski definition) is 0. The van der Waals surface area contributed by atoms with E-state index in [1.54, 1.807) is 4.57 Å². The summed E-state index contributed by atoms with van der Waals surface area (Å²) in [6, 6.07) is 12.7. The predicted molar refractivity (Wildman–Crippen MR) is 104 cm³/mol. The lowest BCUT2D eigenvalue weighted by atomic mass is 9.89. The molecule has 0 unspecified atom stereocenters. The highest BCUT2D eigenvalue weighted by atomic mass is 35.5. The molecule has 3 nitrogen and oxygen atoms in total. The van der Waals surface area contributed by atoms with E-state index in [2.05, 4.69) is 35.2 Å². The number of aryl methyl sites for hydroxylation is 1. The SMILES string of the molecule is O=c1c(Cl)c(N2CCC(c3ccccc3)CC2)ccn1CCC1CC1. The van der Waals surface area contributed by atoms with E-state index < -0.39 is 0 Å². The van der Waals surface area contributed by atoms with E-state index in [-0.39, 0.29) is 5.56 Å². The van der Waals surface area contributed by atoms with Gasteiger partial charge in [-0.15, -0.1) is 0 Å². The first-order chi connectivity index (χ1) is 12.2. The molecule has 2 heterocycles. The van der Waals surface area contributed by atoms with Gasteiger partial charge in [-0.1, -0.05) is 54.8 Å². The van der Waals surface area contributed by atoms with Crippen LogP contribution in [0, 0.1) is 5.92 Å². The highest BCUT2D eigenvalue weighted by Gasteiger charge is 2.24. The molecule has 0 atom stereocenters. The van der Waals surface area contributed by atoms with E-state index >= 15 is 0 Å². The van der Waals surface area contributed by atoms with E-state index in [0.29, 0.717) is 10.9 Å². The first-order valence-electron chi connectivity index (χ1n) is 9.41. The molecule has 1 saturated heterocycles. The zero-order valence-corrected chi connectivity index (χ0v) is 15.3. The Morgan fingerprint density at radius 2 is 1.72 bits per heavy atom. The van der Waals surface area contributed by atoms with Gasteiger partial charge in [0.1, 0.15) is 5.02 Å². The van der Waals surface area contributed by atoms with E-state index in [0.717, 1.165) is 50.5 Å². The number of hydrogen-bond acceptors (Lipinski definition) is 2. The zero-order valence-electron chi connectivity index (χ0n) is 14.5. The highest BCUT2D eigenvalue weighted by Crippen LogP contribution is 2.34. The number of nitrogens with zero attached hydrogens (tertiary/aromatic N) is 2. The van der Waals surface area contributed by atoms with Crippen LogP contribution < -0.4 is 10.5 Å². The van der Waals surface area contributed by atoms with Crippen molar-refractivity contribution in [1.82, 2.24) is 4.57 Å². The van der Waals surface area contributed by atoms with Crippen molar-refractivity contribution in [3.8, 4) is 0 Å². The Bertz CT molecular complexity index is 774. The Balaban J connectivity index is 1.43.